The van der Waals surface area contributed by atoms with Crippen LogP contribution < -0.4 is 10.6 Å². The van der Waals surface area contributed by atoms with E-state index in [1.54, 1.807) is 18.5 Å². The lowest BCUT2D eigenvalue weighted by molar-refractivity contribution is 0.0948. The third-order valence-corrected chi connectivity index (χ3v) is 3.81. The maximum Gasteiger partial charge on any atom is 0.269 e. The molecule has 3 rings (SSSR count). The first-order valence-corrected chi connectivity index (χ1v) is 8.36. The van der Waals surface area contributed by atoms with Crippen LogP contribution in [0.25, 0.3) is 0 Å². The molecule has 0 aliphatic rings. The van der Waals surface area contributed by atoms with Crippen molar-refractivity contribution in [2.45, 2.75) is 19.4 Å². The van der Waals surface area contributed by atoms with Crippen LogP contribution in [0, 0.1) is 0 Å². The number of benzene rings is 1. The maximum absolute atomic E-state index is 12.2. The van der Waals surface area contributed by atoms with Crippen molar-refractivity contribution in [1.29, 1.82) is 0 Å². The van der Waals surface area contributed by atoms with Crippen LogP contribution in [0.15, 0.2) is 71.5 Å². The average molecular weight is 335 g/mol. The Kier molecular flexibility index (Phi) is 5.82. The highest BCUT2D eigenvalue weighted by atomic mass is 16.3. The largest absolute Gasteiger partial charge is 0.467 e. The molecule has 0 saturated carbocycles. The van der Waals surface area contributed by atoms with E-state index in [-0.39, 0.29) is 5.91 Å². The first-order valence-electron chi connectivity index (χ1n) is 8.36. The van der Waals surface area contributed by atoms with E-state index >= 15 is 0 Å². The summed E-state index contributed by atoms with van der Waals surface area (Å²) in [6.07, 6.45) is 5.10. The van der Waals surface area contributed by atoms with E-state index in [2.05, 4.69) is 27.8 Å². The first kappa shape index (κ1) is 16.8. The zero-order valence-electron chi connectivity index (χ0n) is 13.9. The summed E-state index contributed by atoms with van der Waals surface area (Å²) in [5, 5.41) is 6.14. The SMILES string of the molecule is O=C(NCCCc1ccccc1)c1cc(NCc2ccco2)ccn1. The molecule has 0 bridgehead atoms. The van der Waals surface area contributed by atoms with E-state index in [4.69, 9.17) is 4.42 Å². The molecule has 2 heterocycles. The number of hydrogen-bond donors (Lipinski definition) is 2. The number of hydrogen-bond acceptors (Lipinski definition) is 4. The lowest BCUT2D eigenvalue weighted by Gasteiger charge is -2.08. The number of pyridine rings is 1. The second kappa shape index (κ2) is 8.68. The third-order valence-electron chi connectivity index (χ3n) is 3.81. The van der Waals surface area contributed by atoms with Gasteiger partial charge in [0.25, 0.3) is 5.91 Å². The second-order valence-corrected chi connectivity index (χ2v) is 5.71. The van der Waals surface area contributed by atoms with Crippen molar-refractivity contribution in [1.82, 2.24) is 10.3 Å². The molecule has 0 fully saturated rings. The number of anilines is 1. The summed E-state index contributed by atoms with van der Waals surface area (Å²) >= 11 is 0. The van der Waals surface area contributed by atoms with Crippen LogP contribution >= 0.6 is 0 Å². The molecule has 5 heteroatoms. The van der Waals surface area contributed by atoms with E-state index in [0.717, 1.165) is 24.3 Å². The number of carbonyl (C=O) groups excluding carboxylic acids is 1. The van der Waals surface area contributed by atoms with Gasteiger partial charge in [-0.1, -0.05) is 30.3 Å². The van der Waals surface area contributed by atoms with Crippen molar-refractivity contribution < 1.29 is 9.21 Å². The van der Waals surface area contributed by atoms with Crippen molar-refractivity contribution in [2.75, 3.05) is 11.9 Å². The summed E-state index contributed by atoms with van der Waals surface area (Å²) in [6, 6.07) is 17.6. The van der Waals surface area contributed by atoms with Gasteiger partial charge >= 0.3 is 0 Å². The topological polar surface area (TPSA) is 67.2 Å². The molecule has 0 spiro atoms. The lowest BCUT2D eigenvalue weighted by atomic mass is 10.1. The summed E-state index contributed by atoms with van der Waals surface area (Å²) in [5.74, 6) is 0.679. The van der Waals surface area contributed by atoms with Gasteiger partial charge < -0.3 is 15.1 Å². The minimum absolute atomic E-state index is 0.158. The summed E-state index contributed by atoms with van der Waals surface area (Å²) < 4.78 is 5.28. The molecule has 5 nitrogen and oxygen atoms in total. The Morgan fingerprint density at radius 1 is 1.08 bits per heavy atom. The van der Waals surface area contributed by atoms with Crippen molar-refractivity contribution in [2.24, 2.45) is 0 Å². The second-order valence-electron chi connectivity index (χ2n) is 5.71. The van der Waals surface area contributed by atoms with Gasteiger partial charge in [-0.25, -0.2) is 0 Å². The maximum atomic E-state index is 12.2. The van der Waals surface area contributed by atoms with Gasteiger partial charge in [-0.2, -0.15) is 0 Å². The summed E-state index contributed by atoms with van der Waals surface area (Å²) in [5.41, 5.74) is 2.52. The van der Waals surface area contributed by atoms with Crippen LogP contribution in [-0.4, -0.2) is 17.4 Å². The Balaban J connectivity index is 1.46. The Bertz CT molecular complexity index is 786. The number of aryl methyl sites for hydroxylation is 1. The number of aromatic nitrogens is 1. The van der Waals surface area contributed by atoms with Crippen molar-refractivity contribution in [3.8, 4) is 0 Å². The van der Waals surface area contributed by atoms with Crippen molar-refractivity contribution >= 4 is 11.6 Å². The molecular weight excluding hydrogens is 314 g/mol. The van der Waals surface area contributed by atoms with Gasteiger partial charge in [0.15, 0.2) is 0 Å². The van der Waals surface area contributed by atoms with Crippen LogP contribution in [0.1, 0.15) is 28.2 Å². The van der Waals surface area contributed by atoms with Crippen molar-refractivity contribution in [3.63, 3.8) is 0 Å². The number of carbonyl (C=O) groups is 1. The van der Waals surface area contributed by atoms with Gasteiger partial charge in [0.1, 0.15) is 11.5 Å². The van der Waals surface area contributed by atoms with Crippen LogP contribution in [-0.2, 0) is 13.0 Å². The van der Waals surface area contributed by atoms with Crippen LogP contribution in [0.4, 0.5) is 5.69 Å². The zero-order valence-corrected chi connectivity index (χ0v) is 13.9. The summed E-state index contributed by atoms with van der Waals surface area (Å²) in [6.45, 7) is 1.19. The predicted molar refractivity (Wildman–Crippen MR) is 97.4 cm³/mol. The number of rotatable bonds is 8. The standard InChI is InChI=1S/C20H21N3O2/c24-20(22-11-4-8-16-6-2-1-3-7-16)19-14-17(10-12-21-19)23-15-18-9-5-13-25-18/h1-3,5-7,9-10,12-14H,4,8,11,15H2,(H,21,23)(H,22,24). The molecule has 0 aliphatic carbocycles. The normalized spacial score (nSPS) is 10.4. The van der Waals surface area contributed by atoms with Gasteiger partial charge in [0.2, 0.25) is 0 Å². The summed E-state index contributed by atoms with van der Waals surface area (Å²) in [4.78, 5) is 16.4. The minimum Gasteiger partial charge on any atom is -0.467 e. The monoisotopic (exact) mass is 335 g/mol. The first-order chi connectivity index (χ1) is 12.3. The molecular formula is C20H21N3O2. The van der Waals surface area contributed by atoms with Gasteiger partial charge in [-0.15, -0.1) is 0 Å². The molecule has 1 aromatic carbocycles. The summed E-state index contributed by atoms with van der Waals surface area (Å²) in [7, 11) is 0. The third kappa shape index (κ3) is 5.21. The number of nitrogens with zero attached hydrogens (tertiary/aromatic N) is 1. The molecule has 0 unspecified atom stereocenters. The molecule has 25 heavy (non-hydrogen) atoms. The average Bonchev–Trinajstić information content (AvgIpc) is 3.18. The van der Waals surface area contributed by atoms with Gasteiger partial charge in [-0.05, 0) is 42.7 Å². The Hall–Kier alpha value is -3.08. The number of amides is 1. The van der Waals surface area contributed by atoms with Gasteiger partial charge in [0.05, 0.1) is 12.8 Å². The predicted octanol–water partition coefficient (Wildman–Crippen LogP) is 3.65. The fourth-order valence-corrected chi connectivity index (χ4v) is 2.50. The van der Waals surface area contributed by atoms with Crippen LogP contribution in [0.2, 0.25) is 0 Å². The quantitative estimate of drug-likeness (QED) is 0.617. The van der Waals surface area contributed by atoms with Crippen LogP contribution in [0.5, 0.6) is 0 Å². The Labute approximate surface area is 147 Å². The van der Waals surface area contributed by atoms with Gasteiger partial charge in [-0.3, -0.25) is 9.78 Å². The highest BCUT2D eigenvalue weighted by molar-refractivity contribution is 5.93. The van der Waals surface area contributed by atoms with E-state index in [9.17, 15) is 4.79 Å². The van der Waals surface area contributed by atoms with Crippen molar-refractivity contribution in [3.05, 3.63) is 84.1 Å². The Morgan fingerprint density at radius 2 is 1.96 bits per heavy atom. The fourth-order valence-electron chi connectivity index (χ4n) is 2.50. The molecule has 2 aromatic heterocycles. The zero-order chi connectivity index (χ0) is 17.3. The fraction of sp³-hybridized carbons (Fsp3) is 0.200. The molecule has 1 amide bonds. The number of furan rings is 1. The molecule has 0 saturated heterocycles. The molecule has 0 aliphatic heterocycles. The lowest BCUT2D eigenvalue weighted by Crippen LogP contribution is -2.25. The highest BCUT2D eigenvalue weighted by Crippen LogP contribution is 2.10. The Morgan fingerprint density at radius 3 is 2.76 bits per heavy atom. The van der Waals surface area contributed by atoms with Crippen LogP contribution in [0.3, 0.4) is 0 Å². The van der Waals surface area contributed by atoms with Gasteiger partial charge in [0, 0.05) is 18.4 Å². The smallest absolute Gasteiger partial charge is 0.269 e. The van der Waals surface area contributed by atoms with E-state index in [1.807, 2.05) is 36.4 Å². The minimum atomic E-state index is -0.158. The molecule has 3 aromatic rings. The van der Waals surface area contributed by atoms with E-state index < -0.39 is 0 Å². The molecule has 0 atom stereocenters. The van der Waals surface area contributed by atoms with E-state index in [1.165, 1.54) is 5.56 Å². The van der Waals surface area contributed by atoms with E-state index in [0.29, 0.717) is 18.8 Å². The highest BCUT2D eigenvalue weighted by Gasteiger charge is 2.07. The number of nitrogens with one attached hydrogen (secondary N) is 2. The molecule has 0 radical (unpaired) electrons. The molecule has 128 valence electrons. The molecule has 2 N–H and O–H groups in total.